The molecule has 1 aromatic rings. The predicted molar refractivity (Wildman–Crippen MR) is 107 cm³/mol. The third kappa shape index (κ3) is 6.24. The summed E-state index contributed by atoms with van der Waals surface area (Å²) in [5.74, 6) is 0.0958. The van der Waals surface area contributed by atoms with E-state index in [4.69, 9.17) is 16.3 Å². The zero-order valence-corrected chi connectivity index (χ0v) is 17.6. The van der Waals surface area contributed by atoms with Crippen molar-refractivity contribution in [3.8, 4) is 5.75 Å². The van der Waals surface area contributed by atoms with Crippen LogP contribution in [-0.4, -0.2) is 31.7 Å². The zero-order chi connectivity index (χ0) is 22.5. The smallest absolute Gasteiger partial charge is 0.492 e. The van der Waals surface area contributed by atoms with E-state index in [0.29, 0.717) is 46.6 Å². The molecule has 0 radical (unpaired) electrons. The van der Waals surface area contributed by atoms with Gasteiger partial charge in [-0.05, 0) is 35.8 Å². The summed E-state index contributed by atoms with van der Waals surface area (Å²) in [6.07, 6.45) is -0.355. The van der Waals surface area contributed by atoms with Gasteiger partial charge in [0.25, 0.3) is 0 Å². The Morgan fingerprint density at radius 1 is 1.43 bits per heavy atom. The number of rotatable bonds is 9. The van der Waals surface area contributed by atoms with E-state index in [1.807, 2.05) is 0 Å². The lowest BCUT2D eigenvalue weighted by atomic mass is 9.92. The second-order valence-electron chi connectivity index (χ2n) is 6.32. The number of hydrogen-bond acceptors (Lipinski definition) is 5. The predicted octanol–water partition coefficient (Wildman–Crippen LogP) is 3.74. The van der Waals surface area contributed by atoms with Gasteiger partial charge in [-0.2, -0.15) is 0 Å². The first-order valence-corrected chi connectivity index (χ1v) is 10.9. The van der Waals surface area contributed by atoms with Gasteiger partial charge < -0.3 is 14.6 Å². The van der Waals surface area contributed by atoms with E-state index in [1.165, 1.54) is 12.2 Å². The number of ether oxygens (including phenoxy) is 2. The number of sulfonamides is 1. The van der Waals surface area contributed by atoms with Crippen molar-refractivity contribution in [2.45, 2.75) is 32.9 Å². The van der Waals surface area contributed by atoms with Gasteiger partial charge in [0.1, 0.15) is 16.7 Å². The summed E-state index contributed by atoms with van der Waals surface area (Å²) in [5.41, 5.74) is 2.66. The van der Waals surface area contributed by atoms with Crippen LogP contribution in [0, 0.1) is 0 Å². The summed E-state index contributed by atoms with van der Waals surface area (Å²) in [4.78, 5) is 0. The molecule has 0 fully saturated rings. The molecule has 0 saturated heterocycles. The van der Waals surface area contributed by atoms with Crippen molar-refractivity contribution in [2.75, 3.05) is 11.8 Å². The summed E-state index contributed by atoms with van der Waals surface area (Å²) in [6.45, 7) is 4.74. The molecule has 1 aromatic carbocycles. The van der Waals surface area contributed by atoms with Crippen LogP contribution in [0.15, 0.2) is 36.6 Å². The molecule has 0 spiro atoms. The molecule has 1 aliphatic rings. The van der Waals surface area contributed by atoms with Crippen molar-refractivity contribution in [3.05, 3.63) is 58.9 Å². The molecule has 1 aliphatic heterocycles. The molecule has 166 valence electrons. The summed E-state index contributed by atoms with van der Waals surface area (Å²) >= 11 is 5.41. The van der Waals surface area contributed by atoms with Crippen LogP contribution in [-0.2, 0) is 34.3 Å². The van der Waals surface area contributed by atoms with E-state index in [0.717, 1.165) is 13.0 Å². The highest BCUT2D eigenvalue weighted by Crippen LogP contribution is 2.39. The van der Waals surface area contributed by atoms with Gasteiger partial charge in [-0.3, -0.25) is 0 Å². The highest BCUT2D eigenvalue weighted by Gasteiger charge is 2.30. The summed E-state index contributed by atoms with van der Waals surface area (Å²) in [7, 11) is -3.70. The van der Waals surface area contributed by atoms with Gasteiger partial charge in [-0.15, -0.1) is 24.8 Å². The SMILES string of the molecule is C=C/C(=C\C=C(/C)OC(F)(F)F)c1cc(CNS(=O)(=O)CCl)c(CO)c2c1OCC2. The number of aliphatic hydroxyl groups excluding tert-OH is 1. The fourth-order valence-electron chi connectivity index (χ4n) is 2.99. The summed E-state index contributed by atoms with van der Waals surface area (Å²) in [5, 5.41) is 9.19. The summed E-state index contributed by atoms with van der Waals surface area (Å²) < 4.78 is 72.3. The lowest BCUT2D eigenvalue weighted by Gasteiger charge is -2.17. The summed E-state index contributed by atoms with van der Waals surface area (Å²) in [6, 6.07) is 1.60. The third-order valence-corrected chi connectivity index (χ3v) is 6.01. The Bertz CT molecular complexity index is 971. The Kier molecular flexibility index (Phi) is 7.98. The molecule has 6 nitrogen and oxygen atoms in total. The Balaban J connectivity index is 2.51. The topological polar surface area (TPSA) is 84.9 Å². The van der Waals surface area contributed by atoms with Crippen molar-refractivity contribution < 1.29 is 36.2 Å². The Morgan fingerprint density at radius 3 is 2.70 bits per heavy atom. The number of fused-ring (bicyclic) bond motifs is 1. The van der Waals surface area contributed by atoms with E-state index in [9.17, 15) is 26.7 Å². The molecule has 1 heterocycles. The molecule has 0 saturated carbocycles. The van der Waals surface area contributed by atoms with Gasteiger partial charge in [0, 0.05) is 24.1 Å². The van der Waals surface area contributed by atoms with Crippen LogP contribution in [0.4, 0.5) is 13.2 Å². The molecule has 0 aromatic heterocycles. The maximum Gasteiger partial charge on any atom is 0.572 e. The van der Waals surface area contributed by atoms with E-state index in [-0.39, 0.29) is 18.9 Å². The average molecular weight is 468 g/mol. The van der Waals surface area contributed by atoms with Gasteiger partial charge in [0.05, 0.1) is 13.2 Å². The second-order valence-corrected chi connectivity index (χ2v) is 8.71. The van der Waals surface area contributed by atoms with E-state index in [1.54, 1.807) is 6.07 Å². The number of allylic oxidation sites excluding steroid dienone is 5. The maximum absolute atomic E-state index is 12.3. The van der Waals surface area contributed by atoms with E-state index in [2.05, 4.69) is 16.0 Å². The number of halogens is 4. The lowest BCUT2D eigenvalue weighted by Crippen LogP contribution is -2.24. The lowest BCUT2D eigenvalue weighted by molar-refractivity contribution is -0.305. The van der Waals surface area contributed by atoms with Crippen molar-refractivity contribution >= 4 is 27.2 Å². The molecule has 0 unspecified atom stereocenters. The van der Waals surface area contributed by atoms with Crippen LogP contribution in [0.25, 0.3) is 5.57 Å². The number of hydrogen-bond donors (Lipinski definition) is 2. The molecule has 0 aliphatic carbocycles. The Hall–Kier alpha value is -2.01. The second kappa shape index (κ2) is 9.86. The van der Waals surface area contributed by atoms with Gasteiger partial charge >= 0.3 is 6.36 Å². The van der Waals surface area contributed by atoms with Crippen LogP contribution in [0.2, 0.25) is 0 Å². The number of benzene rings is 1. The minimum Gasteiger partial charge on any atom is -0.492 e. The highest BCUT2D eigenvalue weighted by molar-refractivity contribution is 7.90. The molecule has 0 bridgehead atoms. The van der Waals surface area contributed by atoms with Crippen LogP contribution in [0.1, 0.15) is 29.2 Å². The number of alkyl halides is 4. The van der Waals surface area contributed by atoms with Crippen LogP contribution in [0.5, 0.6) is 5.75 Å². The first-order chi connectivity index (χ1) is 14.0. The quantitative estimate of drug-likeness (QED) is 0.328. The number of nitrogens with one attached hydrogen (secondary N) is 1. The van der Waals surface area contributed by atoms with Gasteiger partial charge in [0.15, 0.2) is 0 Å². The molecule has 2 rings (SSSR count). The Morgan fingerprint density at radius 2 is 2.13 bits per heavy atom. The van der Waals surface area contributed by atoms with Crippen LogP contribution >= 0.6 is 11.6 Å². The largest absolute Gasteiger partial charge is 0.572 e. The molecule has 0 amide bonds. The monoisotopic (exact) mass is 467 g/mol. The highest BCUT2D eigenvalue weighted by atomic mass is 35.5. The fraction of sp³-hybridized carbons (Fsp3) is 0.368. The van der Waals surface area contributed by atoms with Crippen molar-refractivity contribution in [1.29, 1.82) is 0 Å². The Labute approximate surface area is 177 Å². The fourth-order valence-corrected chi connectivity index (χ4v) is 3.68. The van der Waals surface area contributed by atoms with Gasteiger partial charge in [0.2, 0.25) is 10.0 Å². The van der Waals surface area contributed by atoms with Crippen LogP contribution < -0.4 is 9.46 Å². The van der Waals surface area contributed by atoms with E-state index >= 15 is 0 Å². The minimum absolute atomic E-state index is 0.123. The molecular formula is C19H21ClF3NO5S. The average Bonchev–Trinajstić information content (AvgIpc) is 3.15. The maximum atomic E-state index is 12.3. The van der Waals surface area contributed by atoms with Gasteiger partial charge in [-0.1, -0.05) is 18.7 Å². The normalized spacial score (nSPS) is 15.0. The zero-order valence-electron chi connectivity index (χ0n) is 16.1. The third-order valence-electron chi connectivity index (χ3n) is 4.28. The van der Waals surface area contributed by atoms with Crippen molar-refractivity contribution in [1.82, 2.24) is 4.72 Å². The number of aliphatic hydroxyl groups is 1. The molecule has 30 heavy (non-hydrogen) atoms. The standard InChI is InChI=1S/C19H21ClF3NO5S/c1-3-13(5-4-12(2)29-19(21,22)23)16-8-14(9-24-30(26,27)11-20)17(10-25)15-6-7-28-18(15)16/h3-5,8,24-25H,1,6-7,9-11H2,2H3/b12-4+,13-5+. The molecular weight excluding hydrogens is 447 g/mol. The molecule has 0 atom stereocenters. The van der Waals surface area contributed by atoms with Crippen molar-refractivity contribution in [2.24, 2.45) is 0 Å². The molecule has 2 N–H and O–H groups in total. The van der Waals surface area contributed by atoms with Gasteiger partial charge in [-0.25, -0.2) is 13.1 Å². The first kappa shape index (κ1) is 24.3. The van der Waals surface area contributed by atoms with E-state index < -0.39 is 21.6 Å². The molecule has 11 heteroatoms. The van der Waals surface area contributed by atoms with Crippen molar-refractivity contribution in [3.63, 3.8) is 0 Å². The van der Waals surface area contributed by atoms with Crippen LogP contribution in [0.3, 0.4) is 0 Å². The minimum atomic E-state index is -4.80. The first-order valence-electron chi connectivity index (χ1n) is 8.73.